The van der Waals surface area contributed by atoms with E-state index in [1.807, 2.05) is 62.4 Å². The third kappa shape index (κ3) is 4.98. The third-order valence-corrected chi connectivity index (χ3v) is 7.32. The van der Waals surface area contributed by atoms with Gasteiger partial charge in [0.2, 0.25) is 0 Å². The number of ether oxygens (including phenoxy) is 1. The van der Waals surface area contributed by atoms with Crippen molar-refractivity contribution in [3.63, 3.8) is 0 Å². The quantitative estimate of drug-likeness (QED) is 0.440. The predicted molar refractivity (Wildman–Crippen MR) is 144 cm³/mol. The molecule has 0 bridgehead atoms. The lowest BCUT2D eigenvalue weighted by Crippen LogP contribution is -2.56. The maximum atomic E-state index is 14.3. The zero-order chi connectivity index (χ0) is 26.2. The first-order valence-corrected chi connectivity index (χ1v) is 12.9. The van der Waals surface area contributed by atoms with E-state index in [4.69, 9.17) is 4.74 Å². The van der Waals surface area contributed by atoms with Crippen molar-refractivity contribution in [3.8, 4) is 11.5 Å². The fourth-order valence-electron chi connectivity index (χ4n) is 5.64. The number of benzene rings is 3. The van der Waals surface area contributed by atoms with Crippen molar-refractivity contribution >= 4 is 17.2 Å². The van der Waals surface area contributed by atoms with Gasteiger partial charge in [0.25, 0.3) is 5.91 Å². The van der Waals surface area contributed by atoms with E-state index in [2.05, 4.69) is 17.9 Å². The van der Waals surface area contributed by atoms with Crippen molar-refractivity contribution in [2.24, 2.45) is 0 Å². The number of anilines is 1. The molecule has 1 N–H and O–H groups in total. The Bertz CT molecular complexity index is 1320. The van der Waals surface area contributed by atoms with E-state index in [0.717, 1.165) is 30.5 Å². The highest BCUT2D eigenvalue weighted by atomic mass is 19.1. The van der Waals surface area contributed by atoms with Crippen molar-refractivity contribution in [2.75, 3.05) is 11.4 Å². The molecule has 2 atom stereocenters. The number of halogens is 1. The molecule has 3 aromatic rings. The number of carbonyl (C=O) groups excluding carboxylic acids is 1. The zero-order valence-corrected chi connectivity index (χ0v) is 21.5. The van der Waals surface area contributed by atoms with Gasteiger partial charge in [-0.15, -0.1) is 0 Å². The molecule has 2 aliphatic rings. The van der Waals surface area contributed by atoms with E-state index in [1.54, 1.807) is 17.0 Å². The van der Waals surface area contributed by atoms with Crippen molar-refractivity contribution < 1.29 is 19.0 Å². The van der Waals surface area contributed by atoms with E-state index in [-0.39, 0.29) is 29.6 Å². The summed E-state index contributed by atoms with van der Waals surface area (Å²) < 4.78 is 20.0. The van der Waals surface area contributed by atoms with E-state index < -0.39 is 5.54 Å². The summed E-state index contributed by atoms with van der Waals surface area (Å²) in [6.45, 7) is 7.51. The minimum absolute atomic E-state index is 0.0331. The molecule has 6 heteroatoms. The van der Waals surface area contributed by atoms with Crippen LogP contribution in [0, 0.1) is 5.82 Å². The maximum absolute atomic E-state index is 14.3. The molecule has 0 radical (unpaired) electrons. The van der Waals surface area contributed by atoms with Crippen molar-refractivity contribution in [2.45, 2.75) is 57.8 Å². The lowest BCUT2D eigenvalue weighted by atomic mass is 9.82. The number of nitrogens with zero attached hydrogens (tertiary/aromatic N) is 2. The average Bonchev–Trinajstić information content (AvgIpc) is 3.14. The first kappa shape index (κ1) is 25.0. The van der Waals surface area contributed by atoms with Crippen LogP contribution in [0.2, 0.25) is 0 Å². The summed E-state index contributed by atoms with van der Waals surface area (Å²) >= 11 is 0. The lowest BCUT2D eigenvalue weighted by molar-refractivity contribution is -0.113. The number of carbonyl (C=O) groups is 1. The van der Waals surface area contributed by atoms with Crippen LogP contribution in [0.15, 0.2) is 78.9 Å². The Morgan fingerprint density at radius 2 is 1.86 bits per heavy atom. The molecule has 1 spiro atoms. The number of phenolic OH excluding ortho intramolecular Hbond substituents is 1. The van der Waals surface area contributed by atoms with Gasteiger partial charge in [0.05, 0.1) is 11.6 Å². The highest BCUT2D eigenvalue weighted by molar-refractivity contribution is 6.30. The van der Waals surface area contributed by atoms with Gasteiger partial charge in [-0.2, -0.15) is 0 Å². The van der Waals surface area contributed by atoms with Gasteiger partial charge in [0, 0.05) is 30.4 Å². The van der Waals surface area contributed by atoms with Crippen LogP contribution in [0.4, 0.5) is 10.1 Å². The van der Waals surface area contributed by atoms with Crippen LogP contribution in [0.1, 0.15) is 44.7 Å². The molecule has 0 aliphatic carbocycles. The number of amides is 1. The number of aromatic hydroxyl groups is 1. The topological polar surface area (TPSA) is 53.0 Å². The molecule has 0 saturated carbocycles. The van der Waals surface area contributed by atoms with Gasteiger partial charge in [-0.05, 0) is 81.1 Å². The van der Waals surface area contributed by atoms with E-state index in [1.165, 1.54) is 12.1 Å². The predicted octanol–water partition coefficient (Wildman–Crippen LogP) is 6.17. The normalized spacial score (nSPS) is 22.1. The van der Waals surface area contributed by atoms with Crippen LogP contribution >= 0.6 is 0 Å². The van der Waals surface area contributed by atoms with Gasteiger partial charge in [0.1, 0.15) is 5.82 Å². The third-order valence-electron chi connectivity index (χ3n) is 7.32. The van der Waals surface area contributed by atoms with Crippen LogP contribution in [-0.2, 0) is 11.3 Å². The number of rotatable bonds is 6. The largest absolute Gasteiger partial charge is 0.504 e. The summed E-state index contributed by atoms with van der Waals surface area (Å²) in [6.07, 6.45) is 3.52. The van der Waals surface area contributed by atoms with Gasteiger partial charge in [0.15, 0.2) is 11.5 Å². The second-order valence-electron chi connectivity index (χ2n) is 10.4. The molecule has 3 aromatic carbocycles. The number of likely N-dealkylation sites (tertiary alicyclic amines) is 1. The molecular weight excluding hydrogens is 467 g/mol. The van der Waals surface area contributed by atoms with Crippen LogP contribution in [0.3, 0.4) is 0 Å². The van der Waals surface area contributed by atoms with Gasteiger partial charge >= 0.3 is 0 Å². The molecule has 5 nitrogen and oxygen atoms in total. The van der Waals surface area contributed by atoms with Gasteiger partial charge in [-0.1, -0.05) is 42.5 Å². The van der Waals surface area contributed by atoms with Gasteiger partial charge in [-0.25, -0.2) is 4.39 Å². The first-order valence-electron chi connectivity index (χ1n) is 12.9. The van der Waals surface area contributed by atoms with Crippen molar-refractivity contribution in [1.82, 2.24) is 4.90 Å². The van der Waals surface area contributed by atoms with E-state index in [9.17, 15) is 14.3 Å². The van der Waals surface area contributed by atoms with Crippen LogP contribution in [0.5, 0.6) is 11.5 Å². The smallest absolute Gasteiger partial charge is 0.259 e. The molecule has 0 unspecified atom stereocenters. The Morgan fingerprint density at radius 3 is 2.57 bits per heavy atom. The van der Waals surface area contributed by atoms with Gasteiger partial charge in [-0.3, -0.25) is 14.6 Å². The molecule has 37 heavy (non-hydrogen) atoms. The lowest BCUT2D eigenvalue weighted by Gasteiger charge is -2.47. The molecule has 2 heterocycles. The minimum Gasteiger partial charge on any atom is -0.504 e. The summed E-state index contributed by atoms with van der Waals surface area (Å²) in [5, 5.41) is 10.2. The minimum atomic E-state index is -0.535. The highest BCUT2D eigenvalue weighted by Crippen LogP contribution is 2.45. The van der Waals surface area contributed by atoms with Gasteiger partial charge < -0.3 is 9.84 Å². The number of piperidine rings is 1. The highest BCUT2D eigenvalue weighted by Gasteiger charge is 2.49. The molecule has 0 aromatic heterocycles. The summed E-state index contributed by atoms with van der Waals surface area (Å²) in [4.78, 5) is 18.0. The Kier molecular flexibility index (Phi) is 6.78. The standard InChI is InChI=1S/C31H33FN2O3/c1-21(2)37-29-16-23(12-13-28(29)35)20-33-15-14-31(18-22(33)3)19-27(24-8-5-4-6-9-24)30(36)34(31)26-11-7-10-25(32)17-26/h4-13,16-17,19,21-22,35H,14-15,18,20H2,1-3H3/t22-,31+/m0/s1. The first-order chi connectivity index (χ1) is 17.8. The Morgan fingerprint density at radius 1 is 1.08 bits per heavy atom. The number of phenols is 1. The fourth-order valence-corrected chi connectivity index (χ4v) is 5.64. The number of hydrogen-bond acceptors (Lipinski definition) is 4. The summed E-state index contributed by atoms with van der Waals surface area (Å²) in [5.74, 6) is 0.178. The molecule has 192 valence electrons. The van der Waals surface area contributed by atoms with Crippen LogP contribution < -0.4 is 9.64 Å². The zero-order valence-electron chi connectivity index (χ0n) is 21.5. The van der Waals surface area contributed by atoms with Crippen molar-refractivity contribution in [1.29, 1.82) is 0 Å². The summed E-state index contributed by atoms with van der Waals surface area (Å²) in [7, 11) is 0. The SMILES string of the molecule is CC(C)Oc1cc(CN2CC[C@]3(C=C(c4ccccc4)C(=O)N3c3cccc(F)c3)C[C@@H]2C)ccc1O. The number of hydrogen-bond donors (Lipinski definition) is 1. The second kappa shape index (κ2) is 10.0. The fraction of sp³-hybridized carbons (Fsp3) is 0.323. The van der Waals surface area contributed by atoms with Crippen molar-refractivity contribution in [3.05, 3.63) is 95.8 Å². The van der Waals surface area contributed by atoms with Crippen LogP contribution in [0.25, 0.3) is 5.57 Å². The molecule has 1 fully saturated rings. The Hall–Kier alpha value is -3.64. The molecule has 5 rings (SSSR count). The molecular formula is C31H33FN2O3. The summed E-state index contributed by atoms with van der Waals surface area (Å²) in [6, 6.07) is 21.7. The Balaban J connectivity index is 1.44. The molecule has 1 saturated heterocycles. The average molecular weight is 501 g/mol. The monoisotopic (exact) mass is 500 g/mol. The van der Waals surface area contributed by atoms with E-state index >= 15 is 0 Å². The second-order valence-corrected chi connectivity index (χ2v) is 10.4. The Labute approximate surface area is 217 Å². The maximum Gasteiger partial charge on any atom is 0.259 e. The summed E-state index contributed by atoms with van der Waals surface area (Å²) in [5.41, 5.74) is 2.65. The molecule has 2 aliphatic heterocycles. The molecule has 1 amide bonds. The van der Waals surface area contributed by atoms with E-state index in [0.29, 0.717) is 23.6 Å². The van der Waals surface area contributed by atoms with Crippen LogP contribution in [-0.4, -0.2) is 40.1 Å².